The molecule has 0 amide bonds. The van der Waals surface area contributed by atoms with Gasteiger partial charge >= 0.3 is 0 Å². The first-order chi connectivity index (χ1) is 9.61. The maximum Gasteiger partial charge on any atom is 0.139 e. The van der Waals surface area contributed by atoms with E-state index in [0.29, 0.717) is 0 Å². The highest BCUT2D eigenvalue weighted by Crippen LogP contribution is 2.33. The number of nitrogens with two attached hydrogens (primary N) is 1. The molecule has 0 aliphatic rings. The molecule has 2 rings (SSSR count). The molecule has 1 aromatic carbocycles. The third-order valence-electron chi connectivity index (χ3n) is 2.91. The van der Waals surface area contributed by atoms with Crippen LogP contribution in [-0.2, 0) is 0 Å². The molecule has 1 heterocycles. The molecular formula is C15H17BrN2O2. The van der Waals surface area contributed by atoms with Gasteiger partial charge in [-0.2, -0.15) is 0 Å². The van der Waals surface area contributed by atoms with E-state index in [2.05, 4.69) is 20.9 Å². The molecule has 0 aliphatic heterocycles. The SMILES string of the molecule is COc1ccc(OC(c2ccncc2)C(C)N)c(Br)c1. The van der Waals surface area contributed by atoms with Gasteiger partial charge in [0.1, 0.15) is 17.6 Å². The Labute approximate surface area is 127 Å². The molecule has 2 unspecified atom stereocenters. The summed E-state index contributed by atoms with van der Waals surface area (Å²) in [5.41, 5.74) is 7.04. The Morgan fingerprint density at radius 3 is 2.45 bits per heavy atom. The topological polar surface area (TPSA) is 57.4 Å². The van der Waals surface area contributed by atoms with Gasteiger partial charge in [0.25, 0.3) is 0 Å². The van der Waals surface area contributed by atoms with Crippen LogP contribution in [0.15, 0.2) is 47.2 Å². The van der Waals surface area contributed by atoms with Gasteiger partial charge in [-0.3, -0.25) is 4.98 Å². The van der Waals surface area contributed by atoms with E-state index in [1.165, 1.54) is 0 Å². The molecule has 0 saturated heterocycles. The highest BCUT2D eigenvalue weighted by Gasteiger charge is 2.19. The first kappa shape index (κ1) is 14.8. The Morgan fingerprint density at radius 1 is 1.20 bits per heavy atom. The van der Waals surface area contributed by atoms with Crippen molar-refractivity contribution in [2.24, 2.45) is 5.73 Å². The Morgan fingerprint density at radius 2 is 1.90 bits per heavy atom. The zero-order valence-corrected chi connectivity index (χ0v) is 13.0. The summed E-state index contributed by atoms with van der Waals surface area (Å²) < 4.78 is 12.0. The molecular weight excluding hydrogens is 320 g/mol. The molecule has 106 valence electrons. The fraction of sp³-hybridized carbons (Fsp3) is 0.267. The number of hydrogen-bond donors (Lipinski definition) is 1. The molecule has 2 N–H and O–H groups in total. The van der Waals surface area contributed by atoms with Crippen molar-refractivity contribution < 1.29 is 9.47 Å². The molecule has 0 bridgehead atoms. The standard InChI is InChI=1S/C15H17BrN2O2/c1-10(17)15(11-5-7-18-8-6-11)20-14-4-3-12(19-2)9-13(14)16/h3-10,15H,17H2,1-2H3. The number of methoxy groups -OCH3 is 1. The van der Waals surface area contributed by atoms with Crippen molar-refractivity contribution in [2.45, 2.75) is 19.1 Å². The van der Waals surface area contributed by atoms with Crippen LogP contribution in [0.1, 0.15) is 18.6 Å². The van der Waals surface area contributed by atoms with Crippen LogP contribution in [0.25, 0.3) is 0 Å². The van der Waals surface area contributed by atoms with Crippen LogP contribution in [0.5, 0.6) is 11.5 Å². The molecule has 5 heteroatoms. The predicted molar refractivity (Wildman–Crippen MR) is 81.9 cm³/mol. The summed E-state index contributed by atoms with van der Waals surface area (Å²) in [6, 6.07) is 9.24. The summed E-state index contributed by atoms with van der Waals surface area (Å²) in [4.78, 5) is 4.01. The fourth-order valence-corrected chi connectivity index (χ4v) is 2.32. The minimum Gasteiger partial charge on any atom is -0.497 e. The third kappa shape index (κ3) is 3.49. The van der Waals surface area contributed by atoms with Gasteiger partial charge in [-0.25, -0.2) is 0 Å². The summed E-state index contributed by atoms with van der Waals surface area (Å²) in [6.07, 6.45) is 3.23. The van der Waals surface area contributed by atoms with Crippen molar-refractivity contribution >= 4 is 15.9 Å². The number of pyridine rings is 1. The van der Waals surface area contributed by atoms with Gasteiger partial charge in [0.15, 0.2) is 0 Å². The number of hydrogen-bond acceptors (Lipinski definition) is 4. The average Bonchev–Trinajstić information content (AvgIpc) is 2.46. The molecule has 0 saturated carbocycles. The number of ether oxygens (including phenoxy) is 2. The second kappa shape index (κ2) is 6.72. The zero-order valence-electron chi connectivity index (χ0n) is 11.4. The van der Waals surface area contributed by atoms with E-state index in [4.69, 9.17) is 15.2 Å². The minimum absolute atomic E-state index is 0.147. The molecule has 0 spiro atoms. The van der Waals surface area contributed by atoms with Crippen LogP contribution in [0, 0.1) is 0 Å². The van der Waals surface area contributed by atoms with Crippen LogP contribution in [0.2, 0.25) is 0 Å². The van der Waals surface area contributed by atoms with Crippen molar-refractivity contribution in [3.8, 4) is 11.5 Å². The lowest BCUT2D eigenvalue weighted by Crippen LogP contribution is -2.29. The second-order valence-electron chi connectivity index (χ2n) is 4.47. The summed E-state index contributed by atoms with van der Waals surface area (Å²) >= 11 is 3.48. The van der Waals surface area contributed by atoms with Gasteiger partial charge in [-0.15, -0.1) is 0 Å². The minimum atomic E-state index is -0.234. The maximum atomic E-state index is 6.04. The molecule has 20 heavy (non-hydrogen) atoms. The maximum absolute atomic E-state index is 6.04. The molecule has 0 radical (unpaired) electrons. The fourth-order valence-electron chi connectivity index (χ4n) is 1.87. The second-order valence-corrected chi connectivity index (χ2v) is 5.33. The smallest absolute Gasteiger partial charge is 0.139 e. The van der Waals surface area contributed by atoms with E-state index in [9.17, 15) is 0 Å². The Kier molecular flexibility index (Phi) is 4.98. The van der Waals surface area contributed by atoms with Crippen LogP contribution in [0.4, 0.5) is 0 Å². The largest absolute Gasteiger partial charge is 0.497 e. The van der Waals surface area contributed by atoms with Gasteiger partial charge in [0.05, 0.1) is 11.6 Å². The number of halogens is 1. The summed E-state index contributed by atoms with van der Waals surface area (Å²) in [5, 5.41) is 0. The van der Waals surface area contributed by atoms with E-state index in [0.717, 1.165) is 21.5 Å². The summed E-state index contributed by atoms with van der Waals surface area (Å²) in [7, 11) is 1.63. The van der Waals surface area contributed by atoms with E-state index >= 15 is 0 Å². The quantitative estimate of drug-likeness (QED) is 0.909. The van der Waals surface area contributed by atoms with Crippen molar-refractivity contribution in [3.05, 3.63) is 52.8 Å². The van der Waals surface area contributed by atoms with E-state index < -0.39 is 0 Å². The number of nitrogens with zero attached hydrogens (tertiary/aromatic N) is 1. The highest BCUT2D eigenvalue weighted by atomic mass is 79.9. The molecule has 0 fully saturated rings. The van der Waals surface area contributed by atoms with Crippen LogP contribution in [0.3, 0.4) is 0 Å². The predicted octanol–water partition coefficient (Wildman–Crippen LogP) is 3.32. The van der Waals surface area contributed by atoms with Gasteiger partial charge < -0.3 is 15.2 Å². The van der Waals surface area contributed by atoms with E-state index in [1.807, 2.05) is 37.3 Å². The molecule has 4 nitrogen and oxygen atoms in total. The Bertz CT molecular complexity index is 561. The molecule has 0 aliphatic carbocycles. The van der Waals surface area contributed by atoms with Crippen LogP contribution in [-0.4, -0.2) is 18.1 Å². The van der Waals surface area contributed by atoms with Gasteiger partial charge in [0.2, 0.25) is 0 Å². The molecule has 2 aromatic rings. The third-order valence-corrected chi connectivity index (χ3v) is 3.52. The first-order valence-corrected chi connectivity index (χ1v) is 7.07. The van der Waals surface area contributed by atoms with Crippen molar-refractivity contribution in [1.29, 1.82) is 0 Å². The average molecular weight is 337 g/mol. The lowest BCUT2D eigenvalue weighted by atomic mass is 10.1. The number of benzene rings is 1. The highest BCUT2D eigenvalue weighted by molar-refractivity contribution is 9.10. The molecule has 1 aromatic heterocycles. The number of rotatable bonds is 5. The van der Waals surface area contributed by atoms with Crippen LogP contribution < -0.4 is 15.2 Å². The Hall–Kier alpha value is -1.59. The summed E-state index contributed by atoms with van der Waals surface area (Å²) in [5.74, 6) is 1.50. The monoisotopic (exact) mass is 336 g/mol. The van der Waals surface area contributed by atoms with E-state index in [-0.39, 0.29) is 12.1 Å². The van der Waals surface area contributed by atoms with Crippen molar-refractivity contribution in [1.82, 2.24) is 4.98 Å². The van der Waals surface area contributed by atoms with Gasteiger partial charge in [-0.05, 0) is 58.7 Å². The van der Waals surface area contributed by atoms with Crippen molar-refractivity contribution in [3.63, 3.8) is 0 Å². The zero-order chi connectivity index (χ0) is 14.5. The van der Waals surface area contributed by atoms with E-state index in [1.54, 1.807) is 19.5 Å². The first-order valence-electron chi connectivity index (χ1n) is 6.27. The van der Waals surface area contributed by atoms with Crippen molar-refractivity contribution in [2.75, 3.05) is 7.11 Å². The lowest BCUT2D eigenvalue weighted by molar-refractivity contribution is 0.179. The Balaban J connectivity index is 2.25. The van der Waals surface area contributed by atoms with Gasteiger partial charge in [-0.1, -0.05) is 0 Å². The number of aromatic nitrogens is 1. The molecule has 2 atom stereocenters. The normalized spacial score (nSPS) is 13.6. The lowest BCUT2D eigenvalue weighted by Gasteiger charge is -2.23. The summed E-state index contributed by atoms with van der Waals surface area (Å²) in [6.45, 7) is 1.92. The van der Waals surface area contributed by atoms with Crippen LogP contribution >= 0.6 is 15.9 Å². The van der Waals surface area contributed by atoms with Gasteiger partial charge in [0, 0.05) is 18.4 Å².